The molecule has 0 radical (unpaired) electrons. The van der Waals surface area contributed by atoms with E-state index in [-0.39, 0.29) is 5.54 Å². The molecular weight excluding hydrogens is 234 g/mol. The van der Waals surface area contributed by atoms with E-state index in [4.69, 9.17) is 5.73 Å². The summed E-state index contributed by atoms with van der Waals surface area (Å²) in [6.45, 7) is 6.25. The number of aromatic amines is 1. The van der Waals surface area contributed by atoms with Crippen molar-refractivity contribution in [2.75, 3.05) is 0 Å². The first-order valence-electron chi connectivity index (χ1n) is 6.90. The first-order chi connectivity index (χ1) is 8.98. The Bertz CT molecular complexity index is 518. The fourth-order valence-corrected chi connectivity index (χ4v) is 2.00. The standard InChI is InChI=1S/C16H23N3/c1-4-12-5-7-13(8-6-12)14-11-18-15(19-14)9-10-16(2,3)17/h5-8,11H,4,9-10,17H2,1-3H3,(H,18,19). The molecule has 102 valence electrons. The predicted molar refractivity (Wildman–Crippen MR) is 80.0 cm³/mol. The SMILES string of the molecule is CCc1ccc(-c2cnc(CCC(C)(C)N)[nH]2)cc1. The molecule has 0 aliphatic carbocycles. The number of hydrogen-bond donors (Lipinski definition) is 2. The van der Waals surface area contributed by atoms with Crippen molar-refractivity contribution >= 4 is 0 Å². The summed E-state index contributed by atoms with van der Waals surface area (Å²) in [5.41, 5.74) is 9.46. The van der Waals surface area contributed by atoms with Crippen LogP contribution in [0.2, 0.25) is 0 Å². The van der Waals surface area contributed by atoms with Gasteiger partial charge in [-0.25, -0.2) is 4.98 Å². The van der Waals surface area contributed by atoms with Crippen molar-refractivity contribution in [3.63, 3.8) is 0 Å². The molecule has 3 N–H and O–H groups in total. The zero-order valence-electron chi connectivity index (χ0n) is 12.0. The summed E-state index contributed by atoms with van der Waals surface area (Å²) in [6, 6.07) is 8.61. The van der Waals surface area contributed by atoms with Crippen LogP contribution < -0.4 is 5.73 Å². The Morgan fingerprint density at radius 3 is 2.47 bits per heavy atom. The van der Waals surface area contributed by atoms with Crippen LogP contribution >= 0.6 is 0 Å². The van der Waals surface area contributed by atoms with Crippen molar-refractivity contribution < 1.29 is 0 Å². The molecule has 0 fully saturated rings. The van der Waals surface area contributed by atoms with Crippen molar-refractivity contribution in [1.82, 2.24) is 9.97 Å². The van der Waals surface area contributed by atoms with Gasteiger partial charge in [-0.15, -0.1) is 0 Å². The molecule has 0 spiro atoms. The lowest BCUT2D eigenvalue weighted by atomic mass is 10.0. The predicted octanol–water partition coefficient (Wildman–Crippen LogP) is 3.31. The molecule has 0 saturated heterocycles. The zero-order chi connectivity index (χ0) is 13.9. The molecule has 3 heteroatoms. The van der Waals surface area contributed by atoms with Gasteiger partial charge in [-0.2, -0.15) is 0 Å². The smallest absolute Gasteiger partial charge is 0.106 e. The topological polar surface area (TPSA) is 54.7 Å². The maximum atomic E-state index is 5.99. The lowest BCUT2D eigenvalue weighted by Crippen LogP contribution is -2.32. The third-order valence-corrected chi connectivity index (χ3v) is 3.31. The minimum Gasteiger partial charge on any atom is -0.342 e. The normalized spacial score (nSPS) is 11.8. The second-order valence-electron chi connectivity index (χ2n) is 5.78. The molecule has 1 aromatic carbocycles. The summed E-state index contributed by atoms with van der Waals surface area (Å²) in [5.74, 6) is 1.01. The molecule has 2 rings (SSSR count). The van der Waals surface area contributed by atoms with E-state index in [1.165, 1.54) is 11.1 Å². The lowest BCUT2D eigenvalue weighted by molar-refractivity contribution is 0.472. The molecular formula is C16H23N3. The molecule has 1 heterocycles. The van der Waals surface area contributed by atoms with Crippen LogP contribution in [0.5, 0.6) is 0 Å². The Kier molecular flexibility index (Phi) is 4.05. The van der Waals surface area contributed by atoms with Gasteiger partial charge in [-0.3, -0.25) is 0 Å². The second kappa shape index (κ2) is 5.57. The van der Waals surface area contributed by atoms with E-state index in [2.05, 4.69) is 41.2 Å². The van der Waals surface area contributed by atoms with Crippen molar-refractivity contribution in [1.29, 1.82) is 0 Å². The Morgan fingerprint density at radius 1 is 1.21 bits per heavy atom. The number of rotatable bonds is 5. The van der Waals surface area contributed by atoms with E-state index in [0.29, 0.717) is 0 Å². The minimum absolute atomic E-state index is 0.143. The Hall–Kier alpha value is -1.61. The van der Waals surface area contributed by atoms with Gasteiger partial charge < -0.3 is 10.7 Å². The van der Waals surface area contributed by atoms with Crippen LogP contribution in [-0.4, -0.2) is 15.5 Å². The summed E-state index contributed by atoms with van der Waals surface area (Å²) in [5, 5.41) is 0. The van der Waals surface area contributed by atoms with Gasteiger partial charge in [0.25, 0.3) is 0 Å². The van der Waals surface area contributed by atoms with Gasteiger partial charge in [-0.1, -0.05) is 31.2 Å². The summed E-state index contributed by atoms with van der Waals surface area (Å²) < 4.78 is 0. The van der Waals surface area contributed by atoms with Gasteiger partial charge in [0.05, 0.1) is 11.9 Å². The van der Waals surface area contributed by atoms with Crippen LogP contribution in [0.15, 0.2) is 30.5 Å². The van der Waals surface area contributed by atoms with Gasteiger partial charge in [-0.05, 0) is 37.8 Å². The van der Waals surface area contributed by atoms with Crippen LogP contribution in [-0.2, 0) is 12.8 Å². The van der Waals surface area contributed by atoms with E-state index in [1.807, 2.05) is 20.0 Å². The molecule has 0 atom stereocenters. The first kappa shape index (κ1) is 13.8. The van der Waals surface area contributed by atoms with Crippen LogP contribution in [0.1, 0.15) is 38.6 Å². The van der Waals surface area contributed by atoms with Crippen LogP contribution in [0, 0.1) is 0 Å². The third-order valence-electron chi connectivity index (χ3n) is 3.31. The maximum Gasteiger partial charge on any atom is 0.106 e. The number of nitrogens with one attached hydrogen (secondary N) is 1. The largest absolute Gasteiger partial charge is 0.342 e. The number of hydrogen-bond acceptors (Lipinski definition) is 2. The quantitative estimate of drug-likeness (QED) is 0.863. The maximum absolute atomic E-state index is 5.99. The molecule has 3 nitrogen and oxygen atoms in total. The van der Waals surface area contributed by atoms with E-state index in [9.17, 15) is 0 Å². The van der Waals surface area contributed by atoms with Crippen molar-refractivity contribution in [2.24, 2.45) is 5.73 Å². The number of imidazole rings is 1. The van der Waals surface area contributed by atoms with Crippen molar-refractivity contribution in [3.05, 3.63) is 41.9 Å². The summed E-state index contributed by atoms with van der Waals surface area (Å²) in [7, 11) is 0. The average Bonchev–Trinajstić information content (AvgIpc) is 2.84. The van der Waals surface area contributed by atoms with E-state index in [1.54, 1.807) is 0 Å². The summed E-state index contributed by atoms with van der Waals surface area (Å²) >= 11 is 0. The Labute approximate surface area is 115 Å². The number of nitrogens with zero attached hydrogens (tertiary/aromatic N) is 1. The highest BCUT2D eigenvalue weighted by molar-refractivity contribution is 5.58. The molecule has 0 aliphatic rings. The first-order valence-corrected chi connectivity index (χ1v) is 6.90. The Morgan fingerprint density at radius 2 is 1.89 bits per heavy atom. The average molecular weight is 257 g/mol. The molecule has 0 saturated carbocycles. The zero-order valence-corrected chi connectivity index (χ0v) is 12.0. The second-order valence-corrected chi connectivity index (χ2v) is 5.78. The van der Waals surface area contributed by atoms with Gasteiger partial charge in [0.2, 0.25) is 0 Å². The van der Waals surface area contributed by atoms with Gasteiger partial charge >= 0.3 is 0 Å². The minimum atomic E-state index is -0.143. The molecule has 0 bridgehead atoms. The third kappa shape index (κ3) is 3.93. The van der Waals surface area contributed by atoms with Crippen LogP contribution in [0.4, 0.5) is 0 Å². The Balaban J connectivity index is 2.07. The van der Waals surface area contributed by atoms with Crippen LogP contribution in [0.3, 0.4) is 0 Å². The summed E-state index contributed by atoms with van der Waals surface area (Å²) in [6.07, 6.45) is 4.78. The highest BCUT2D eigenvalue weighted by Gasteiger charge is 2.12. The van der Waals surface area contributed by atoms with Crippen molar-refractivity contribution in [2.45, 2.75) is 45.6 Å². The number of H-pyrrole nitrogens is 1. The monoisotopic (exact) mass is 257 g/mol. The van der Waals surface area contributed by atoms with Gasteiger partial charge in [0.1, 0.15) is 5.82 Å². The van der Waals surface area contributed by atoms with Crippen molar-refractivity contribution in [3.8, 4) is 11.3 Å². The molecule has 0 unspecified atom stereocenters. The molecule has 0 aliphatic heterocycles. The highest BCUT2D eigenvalue weighted by Crippen LogP contribution is 2.19. The fraction of sp³-hybridized carbons (Fsp3) is 0.438. The molecule has 1 aromatic heterocycles. The summed E-state index contributed by atoms with van der Waals surface area (Å²) in [4.78, 5) is 7.80. The molecule has 0 amide bonds. The van der Waals surface area contributed by atoms with E-state index >= 15 is 0 Å². The molecule has 19 heavy (non-hydrogen) atoms. The fourth-order valence-electron chi connectivity index (χ4n) is 2.00. The number of aromatic nitrogens is 2. The van der Waals surface area contributed by atoms with E-state index < -0.39 is 0 Å². The number of aryl methyl sites for hydroxylation is 2. The number of nitrogens with two attached hydrogens (primary N) is 1. The van der Waals surface area contributed by atoms with Gasteiger partial charge in [0.15, 0.2) is 0 Å². The highest BCUT2D eigenvalue weighted by atomic mass is 14.9. The van der Waals surface area contributed by atoms with Gasteiger partial charge in [0, 0.05) is 12.0 Å². The van der Waals surface area contributed by atoms with E-state index in [0.717, 1.165) is 30.8 Å². The van der Waals surface area contributed by atoms with Crippen LogP contribution in [0.25, 0.3) is 11.3 Å². The lowest BCUT2D eigenvalue weighted by Gasteiger charge is -2.16. The number of benzene rings is 1. The molecule has 2 aromatic rings.